The van der Waals surface area contributed by atoms with E-state index in [1.54, 1.807) is 25.1 Å². The van der Waals surface area contributed by atoms with E-state index >= 15 is 0 Å². The molecule has 0 aliphatic carbocycles. The van der Waals surface area contributed by atoms with Crippen LogP contribution in [0.1, 0.15) is 25.8 Å². The number of carbonyl (C=O) groups excluding carboxylic acids is 1. The second-order valence-corrected chi connectivity index (χ2v) is 5.22. The predicted molar refractivity (Wildman–Crippen MR) is 87.5 cm³/mol. The summed E-state index contributed by atoms with van der Waals surface area (Å²) in [5.74, 6) is 0.731. The van der Waals surface area contributed by atoms with E-state index < -0.39 is 0 Å². The van der Waals surface area contributed by atoms with Crippen LogP contribution in [0.4, 0.5) is 0 Å². The highest BCUT2D eigenvalue weighted by Crippen LogP contribution is 2.36. The van der Waals surface area contributed by atoms with Crippen LogP contribution in [0.2, 0.25) is 5.02 Å². The first-order valence-electron chi connectivity index (χ1n) is 7.11. The Balaban J connectivity index is 2.88. The van der Waals surface area contributed by atoms with Gasteiger partial charge in [0.25, 0.3) is 0 Å². The summed E-state index contributed by atoms with van der Waals surface area (Å²) in [6, 6.07) is 3.16. The molecule has 1 aromatic rings. The van der Waals surface area contributed by atoms with E-state index in [0.717, 1.165) is 12.0 Å². The molecule has 0 bridgehead atoms. The number of methoxy groups -OCH3 is 1. The smallest absolute Gasteiger partial charge is 0.244 e. The van der Waals surface area contributed by atoms with Crippen LogP contribution in [0, 0.1) is 0 Å². The molecule has 122 valence electrons. The van der Waals surface area contributed by atoms with E-state index in [1.807, 2.05) is 6.92 Å². The Morgan fingerprint density at radius 1 is 1.50 bits per heavy atom. The average Bonchev–Trinajstić information content (AvgIpc) is 2.51. The number of rotatable bonds is 8. The van der Waals surface area contributed by atoms with Gasteiger partial charge in [-0.2, -0.15) is 0 Å². The van der Waals surface area contributed by atoms with Crippen molar-refractivity contribution < 1.29 is 19.4 Å². The van der Waals surface area contributed by atoms with Gasteiger partial charge >= 0.3 is 0 Å². The summed E-state index contributed by atoms with van der Waals surface area (Å²) in [7, 11) is 1.54. The number of carbonyl (C=O) groups is 1. The fourth-order valence-electron chi connectivity index (χ4n) is 1.69. The van der Waals surface area contributed by atoms with Crippen LogP contribution >= 0.6 is 11.6 Å². The minimum atomic E-state index is -0.292. The molecule has 0 fully saturated rings. The minimum Gasteiger partial charge on any atom is -0.493 e. The lowest BCUT2D eigenvalue weighted by atomic mass is 10.2. The molecular formula is C16H22ClNO4. The molecule has 0 saturated carbocycles. The zero-order chi connectivity index (χ0) is 16.5. The molecular weight excluding hydrogens is 306 g/mol. The maximum absolute atomic E-state index is 11.6. The number of hydrogen-bond acceptors (Lipinski definition) is 4. The molecule has 0 aliphatic rings. The number of aliphatic hydroxyl groups excluding tert-OH is 1. The van der Waals surface area contributed by atoms with Gasteiger partial charge in [0, 0.05) is 12.1 Å². The highest BCUT2D eigenvalue weighted by molar-refractivity contribution is 6.32. The van der Waals surface area contributed by atoms with E-state index in [0.29, 0.717) is 23.1 Å². The van der Waals surface area contributed by atoms with Gasteiger partial charge in [0.05, 0.1) is 25.3 Å². The summed E-state index contributed by atoms with van der Waals surface area (Å²) in [6.45, 7) is 4.16. The van der Waals surface area contributed by atoms with Crippen molar-refractivity contribution in [2.45, 2.75) is 26.3 Å². The molecule has 5 nitrogen and oxygen atoms in total. The molecule has 22 heavy (non-hydrogen) atoms. The predicted octanol–water partition coefficient (Wildman–Crippen LogP) is 2.65. The molecule has 1 aromatic carbocycles. The van der Waals surface area contributed by atoms with Gasteiger partial charge in [0.2, 0.25) is 5.91 Å². The SMILES string of the molecule is CCCOc1c(Cl)cc(/C=C/C(=O)NC(C)CO)cc1OC. The molecule has 6 heteroatoms. The monoisotopic (exact) mass is 327 g/mol. The lowest BCUT2D eigenvalue weighted by Gasteiger charge is -2.12. The fraction of sp³-hybridized carbons (Fsp3) is 0.438. The Bertz CT molecular complexity index is 531. The molecule has 0 radical (unpaired) electrons. The second kappa shape index (κ2) is 9.33. The normalized spacial score (nSPS) is 12.2. The lowest BCUT2D eigenvalue weighted by Crippen LogP contribution is -2.33. The van der Waals surface area contributed by atoms with Crippen LogP contribution in [0.15, 0.2) is 18.2 Å². The van der Waals surface area contributed by atoms with Crippen molar-refractivity contribution in [2.75, 3.05) is 20.3 Å². The average molecular weight is 328 g/mol. The van der Waals surface area contributed by atoms with Crippen molar-refractivity contribution in [3.63, 3.8) is 0 Å². The Kier molecular flexibility index (Phi) is 7.77. The van der Waals surface area contributed by atoms with E-state index in [2.05, 4.69) is 5.32 Å². The Morgan fingerprint density at radius 3 is 2.82 bits per heavy atom. The quantitative estimate of drug-likeness (QED) is 0.720. The van der Waals surface area contributed by atoms with E-state index in [9.17, 15) is 4.79 Å². The van der Waals surface area contributed by atoms with Gasteiger partial charge in [-0.1, -0.05) is 18.5 Å². The third kappa shape index (κ3) is 5.58. The number of benzene rings is 1. The maximum atomic E-state index is 11.6. The second-order valence-electron chi connectivity index (χ2n) is 4.81. The van der Waals surface area contributed by atoms with Gasteiger partial charge in [-0.25, -0.2) is 0 Å². The van der Waals surface area contributed by atoms with Crippen LogP contribution < -0.4 is 14.8 Å². The topological polar surface area (TPSA) is 67.8 Å². The number of aliphatic hydroxyl groups is 1. The Morgan fingerprint density at radius 2 is 2.23 bits per heavy atom. The van der Waals surface area contributed by atoms with Crippen molar-refractivity contribution in [1.29, 1.82) is 0 Å². The van der Waals surface area contributed by atoms with Gasteiger partial charge in [0.15, 0.2) is 11.5 Å². The van der Waals surface area contributed by atoms with E-state index in [1.165, 1.54) is 13.2 Å². The summed E-state index contributed by atoms with van der Waals surface area (Å²) in [6.07, 6.45) is 3.87. The third-order valence-corrected chi connectivity index (χ3v) is 3.07. The van der Waals surface area contributed by atoms with Gasteiger partial charge in [-0.05, 0) is 37.1 Å². The van der Waals surface area contributed by atoms with Crippen LogP contribution in [0.25, 0.3) is 6.08 Å². The summed E-state index contributed by atoms with van der Waals surface area (Å²) >= 11 is 6.20. The molecule has 0 saturated heterocycles. The summed E-state index contributed by atoms with van der Waals surface area (Å²) in [5.41, 5.74) is 0.720. The van der Waals surface area contributed by atoms with Gasteiger partial charge < -0.3 is 19.9 Å². The highest BCUT2D eigenvalue weighted by atomic mass is 35.5. The third-order valence-electron chi connectivity index (χ3n) is 2.79. The maximum Gasteiger partial charge on any atom is 0.244 e. The highest BCUT2D eigenvalue weighted by Gasteiger charge is 2.11. The Hall–Kier alpha value is -1.72. The first-order valence-corrected chi connectivity index (χ1v) is 7.49. The number of ether oxygens (including phenoxy) is 2. The summed E-state index contributed by atoms with van der Waals surface area (Å²) in [4.78, 5) is 11.6. The molecule has 1 amide bonds. The lowest BCUT2D eigenvalue weighted by molar-refractivity contribution is -0.117. The van der Waals surface area contributed by atoms with E-state index in [4.69, 9.17) is 26.2 Å². The summed E-state index contributed by atoms with van der Waals surface area (Å²) < 4.78 is 10.8. The van der Waals surface area contributed by atoms with Crippen molar-refractivity contribution in [3.05, 3.63) is 28.8 Å². The number of amides is 1. The van der Waals surface area contributed by atoms with Crippen molar-refractivity contribution in [2.24, 2.45) is 0 Å². The zero-order valence-electron chi connectivity index (χ0n) is 13.1. The summed E-state index contributed by atoms with van der Waals surface area (Å²) in [5, 5.41) is 11.9. The molecule has 0 heterocycles. The van der Waals surface area contributed by atoms with Crippen molar-refractivity contribution in [1.82, 2.24) is 5.32 Å². The zero-order valence-corrected chi connectivity index (χ0v) is 13.8. The first kappa shape index (κ1) is 18.3. The van der Waals surface area contributed by atoms with Crippen molar-refractivity contribution in [3.8, 4) is 11.5 Å². The first-order chi connectivity index (χ1) is 10.5. The van der Waals surface area contributed by atoms with Gasteiger partial charge in [-0.15, -0.1) is 0 Å². The molecule has 0 aliphatic heterocycles. The van der Waals surface area contributed by atoms with E-state index in [-0.39, 0.29) is 18.6 Å². The van der Waals surface area contributed by atoms with Gasteiger partial charge in [-0.3, -0.25) is 4.79 Å². The molecule has 2 N–H and O–H groups in total. The van der Waals surface area contributed by atoms with Crippen LogP contribution in [-0.2, 0) is 4.79 Å². The number of halogens is 1. The van der Waals surface area contributed by atoms with Gasteiger partial charge in [0.1, 0.15) is 0 Å². The molecule has 0 spiro atoms. The number of nitrogens with one attached hydrogen (secondary N) is 1. The fourth-order valence-corrected chi connectivity index (χ4v) is 1.96. The van der Waals surface area contributed by atoms with Crippen molar-refractivity contribution >= 4 is 23.6 Å². The van der Waals surface area contributed by atoms with Crippen LogP contribution in [-0.4, -0.2) is 37.4 Å². The Labute approximate surface area is 135 Å². The molecule has 0 aromatic heterocycles. The largest absolute Gasteiger partial charge is 0.493 e. The minimum absolute atomic E-state index is 0.108. The van der Waals surface area contributed by atoms with Crippen LogP contribution in [0.5, 0.6) is 11.5 Å². The van der Waals surface area contributed by atoms with Crippen LogP contribution in [0.3, 0.4) is 0 Å². The molecule has 1 rings (SSSR count). The number of hydrogen-bond donors (Lipinski definition) is 2. The molecule has 1 unspecified atom stereocenters. The molecule has 1 atom stereocenters. The standard InChI is InChI=1S/C16H22ClNO4/c1-4-7-22-16-13(17)8-12(9-14(16)21-3)5-6-15(20)18-11(2)10-19/h5-6,8-9,11,19H,4,7,10H2,1-3H3,(H,18,20)/b6-5+.